The third-order valence-corrected chi connectivity index (χ3v) is 2.16. The van der Waals surface area contributed by atoms with Crippen molar-refractivity contribution in [2.45, 2.75) is 6.54 Å². The van der Waals surface area contributed by atoms with Gasteiger partial charge in [0.25, 0.3) is 0 Å². The first-order valence-electron chi connectivity index (χ1n) is 3.33. The molecule has 0 bridgehead atoms. The fraction of sp³-hybridized carbons (Fsp3) is 0.429. The Balaban J connectivity index is 2.41. The van der Waals surface area contributed by atoms with Crippen molar-refractivity contribution in [3.05, 3.63) is 24.2 Å². The highest BCUT2D eigenvalue weighted by Gasteiger charge is 2.02. The molecule has 1 heterocycles. The maximum Gasteiger partial charge on any atom is 0.117 e. The minimum absolute atomic E-state index is 0.699. The van der Waals surface area contributed by atoms with Crippen molar-refractivity contribution in [2.75, 3.05) is 11.8 Å². The molecule has 0 spiro atoms. The number of furan rings is 1. The van der Waals surface area contributed by atoms with E-state index in [-0.39, 0.29) is 0 Å². The molecule has 0 amide bonds. The molecule has 0 atom stereocenters. The molecular weight excluding hydrogens is 178 g/mol. The third-order valence-electron chi connectivity index (χ3n) is 1.36. The maximum absolute atomic E-state index is 5.16. The quantitative estimate of drug-likeness (QED) is 0.555. The molecule has 0 aliphatic carbocycles. The Kier molecular flexibility index (Phi) is 3.90. The van der Waals surface area contributed by atoms with Crippen molar-refractivity contribution >= 4 is 25.3 Å². The summed E-state index contributed by atoms with van der Waals surface area (Å²) in [5.74, 6) is 2.35. The van der Waals surface area contributed by atoms with Crippen molar-refractivity contribution in [3.63, 3.8) is 0 Å². The van der Waals surface area contributed by atoms with Gasteiger partial charge in [-0.2, -0.15) is 25.3 Å². The summed E-state index contributed by atoms with van der Waals surface area (Å²) in [6, 6.07) is 3.82. The highest BCUT2D eigenvalue weighted by atomic mass is 32.1. The van der Waals surface area contributed by atoms with Crippen LogP contribution in [0, 0.1) is 0 Å². The van der Waals surface area contributed by atoms with Crippen LogP contribution < -0.4 is 0 Å². The number of rotatable bonds is 4. The lowest BCUT2D eigenvalue weighted by atomic mass is 10.4. The molecule has 0 radical (unpaired) electrons. The molecule has 0 saturated carbocycles. The molecular formula is C7H11NOS2. The number of nitrogens with zero attached hydrogens (tertiary/aromatic N) is 1. The summed E-state index contributed by atoms with van der Waals surface area (Å²) in [6.45, 7) is 0.778. The van der Waals surface area contributed by atoms with E-state index in [0.717, 1.165) is 12.3 Å². The van der Waals surface area contributed by atoms with E-state index < -0.39 is 0 Å². The average molecular weight is 189 g/mol. The molecule has 0 aliphatic heterocycles. The van der Waals surface area contributed by atoms with Crippen LogP contribution in [0.15, 0.2) is 22.8 Å². The zero-order chi connectivity index (χ0) is 8.10. The van der Waals surface area contributed by atoms with Crippen molar-refractivity contribution in [1.82, 2.24) is 4.90 Å². The summed E-state index contributed by atoms with van der Waals surface area (Å²) in [5.41, 5.74) is 0. The maximum atomic E-state index is 5.16. The van der Waals surface area contributed by atoms with Crippen LogP contribution in [0.4, 0.5) is 0 Å². The summed E-state index contributed by atoms with van der Waals surface area (Å²) in [7, 11) is 0. The van der Waals surface area contributed by atoms with Crippen LogP contribution in [0.3, 0.4) is 0 Å². The zero-order valence-electron chi connectivity index (χ0n) is 6.10. The number of hydrogen-bond donors (Lipinski definition) is 2. The summed E-state index contributed by atoms with van der Waals surface area (Å²) in [6.07, 6.45) is 1.67. The smallest absolute Gasteiger partial charge is 0.117 e. The lowest BCUT2D eigenvalue weighted by molar-refractivity contribution is 0.329. The van der Waals surface area contributed by atoms with Gasteiger partial charge in [0.2, 0.25) is 0 Å². The fourth-order valence-electron chi connectivity index (χ4n) is 0.768. The van der Waals surface area contributed by atoms with Crippen molar-refractivity contribution in [3.8, 4) is 0 Å². The normalized spacial score (nSPS) is 10.8. The lowest BCUT2D eigenvalue weighted by Gasteiger charge is -2.14. The molecule has 4 heteroatoms. The van der Waals surface area contributed by atoms with Crippen LogP contribution >= 0.6 is 25.3 Å². The molecule has 0 saturated heterocycles. The molecule has 0 aromatic carbocycles. The molecule has 11 heavy (non-hydrogen) atoms. The minimum Gasteiger partial charge on any atom is -0.468 e. The van der Waals surface area contributed by atoms with Gasteiger partial charge in [-0.3, -0.25) is 4.90 Å². The third kappa shape index (κ3) is 2.81. The Hall–Kier alpha value is -0.0600. The zero-order valence-corrected chi connectivity index (χ0v) is 7.89. The summed E-state index contributed by atoms with van der Waals surface area (Å²) >= 11 is 8.28. The number of thiol groups is 2. The van der Waals surface area contributed by atoms with Crippen molar-refractivity contribution in [1.29, 1.82) is 0 Å². The topological polar surface area (TPSA) is 16.4 Å². The van der Waals surface area contributed by atoms with E-state index in [1.807, 2.05) is 17.0 Å². The molecule has 0 aliphatic rings. The van der Waals surface area contributed by atoms with E-state index in [1.165, 1.54) is 0 Å². The highest BCUT2D eigenvalue weighted by molar-refractivity contribution is 7.81. The second kappa shape index (κ2) is 4.74. The van der Waals surface area contributed by atoms with Gasteiger partial charge in [-0.15, -0.1) is 0 Å². The Labute approximate surface area is 77.4 Å². The van der Waals surface area contributed by atoms with Crippen LogP contribution in [-0.2, 0) is 6.54 Å². The molecule has 1 rings (SSSR count). The molecule has 2 nitrogen and oxygen atoms in total. The Morgan fingerprint density at radius 3 is 2.55 bits per heavy atom. The fourth-order valence-corrected chi connectivity index (χ4v) is 1.33. The Morgan fingerprint density at radius 1 is 1.36 bits per heavy atom. The highest BCUT2D eigenvalue weighted by Crippen LogP contribution is 2.05. The van der Waals surface area contributed by atoms with Gasteiger partial charge >= 0.3 is 0 Å². The first-order valence-corrected chi connectivity index (χ1v) is 4.59. The van der Waals surface area contributed by atoms with E-state index in [4.69, 9.17) is 4.42 Å². The largest absolute Gasteiger partial charge is 0.468 e. The summed E-state index contributed by atoms with van der Waals surface area (Å²) < 4.78 is 5.16. The second-order valence-electron chi connectivity index (χ2n) is 2.19. The molecule has 62 valence electrons. The predicted molar refractivity (Wildman–Crippen MR) is 52.0 cm³/mol. The summed E-state index contributed by atoms with van der Waals surface area (Å²) in [5, 5.41) is 0. The van der Waals surface area contributed by atoms with Crippen LogP contribution in [0.1, 0.15) is 5.76 Å². The Bertz CT molecular complexity index is 184. The van der Waals surface area contributed by atoms with Gasteiger partial charge in [0, 0.05) is 11.8 Å². The van der Waals surface area contributed by atoms with E-state index in [0.29, 0.717) is 11.8 Å². The van der Waals surface area contributed by atoms with E-state index in [2.05, 4.69) is 25.3 Å². The second-order valence-corrected chi connectivity index (χ2v) is 2.76. The summed E-state index contributed by atoms with van der Waals surface area (Å²) in [4.78, 5) is 2.05. The van der Waals surface area contributed by atoms with Gasteiger partial charge < -0.3 is 4.42 Å². The van der Waals surface area contributed by atoms with E-state index >= 15 is 0 Å². The minimum atomic E-state index is 0.699. The average Bonchev–Trinajstić information content (AvgIpc) is 2.52. The molecule has 0 unspecified atom stereocenters. The van der Waals surface area contributed by atoms with Gasteiger partial charge in [-0.1, -0.05) is 0 Å². The van der Waals surface area contributed by atoms with Gasteiger partial charge in [0.05, 0.1) is 12.8 Å². The molecule has 0 N–H and O–H groups in total. The molecule has 1 aromatic rings. The van der Waals surface area contributed by atoms with Crippen molar-refractivity contribution in [2.24, 2.45) is 0 Å². The van der Waals surface area contributed by atoms with Crippen LogP contribution in [0.2, 0.25) is 0 Å². The van der Waals surface area contributed by atoms with Crippen molar-refractivity contribution < 1.29 is 4.42 Å². The molecule has 1 aromatic heterocycles. The standard InChI is InChI=1S/C7H11NOS2/c10-5-8(6-11)4-7-2-1-3-9-7/h1-3,10-11H,4-6H2. The number of hydrogen-bond acceptors (Lipinski definition) is 4. The van der Waals surface area contributed by atoms with Crippen LogP contribution in [-0.4, -0.2) is 16.7 Å². The van der Waals surface area contributed by atoms with E-state index in [9.17, 15) is 0 Å². The monoisotopic (exact) mass is 189 g/mol. The predicted octanol–water partition coefficient (Wildman–Crippen LogP) is 1.86. The Morgan fingerprint density at radius 2 is 2.09 bits per heavy atom. The van der Waals surface area contributed by atoms with Gasteiger partial charge in [0.1, 0.15) is 5.76 Å². The van der Waals surface area contributed by atoms with Gasteiger partial charge in [0.15, 0.2) is 0 Å². The first-order chi connectivity index (χ1) is 5.36. The van der Waals surface area contributed by atoms with Gasteiger partial charge in [-0.25, -0.2) is 0 Å². The van der Waals surface area contributed by atoms with Crippen LogP contribution in [0.25, 0.3) is 0 Å². The first kappa shape index (κ1) is 9.03. The lowest BCUT2D eigenvalue weighted by Crippen LogP contribution is -2.19. The molecule has 0 fully saturated rings. The SMILES string of the molecule is SCN(CS)Cc1ccco1. The van der Waals surface area contributed by atoms with E-state index in [1.54, 1.807) is 6.26 Å². The van der Waals surface area contributed by atoms with Gasteiger partial charge in [-0.05, 0) is 12.1 Å². The van der Waals surface area contributed by atoms with Crippen LogP contribution in [0.5, 0.6) is 0 Å².